The molecule has 4 aliphatic rings. The van der Waals surface area contributed by atoms with Crippen molar-refractivity contribution in [2.75, 3.05) is 6.61 Å². The Bertz CT molecular complexity index is 962. The highest BCUT2D eigenvalue weighted by Gasteiger charge is 2.67. The fraction of sp³-hybridized carbons (Fsp3) is 0.692. The van der Waals surface area contributed by atoms with Gasteiger partial charge in [-0.3, -0.25) is 19.2 Å². The average Bonchev–Trinajstić information content (AvgIpc) is 2.98. The van der Waals surface area contributed by atoms with E-state index in [1.54, 1.807) is 0 Å². The van der Waals surface area contributed by atoms with E-state index in [2.05, 4.69) is 13.0 Å². The summed E-state index contributed by atoms with van der Waals surface area (Å²) in [6, 6.07) is 0. The number of fused-ring (bicyclic) bond motifs is 5. The summed E-state index contributed by atoms with van der Waals surface area (Å²) in [6.45, 7) is 5.56. The zero-order valence-electron chi connectivity index (χ0n) is 19.7. The van der Waals surface area contributed by atoms with Crippen LogP contribution in [0.25, 0.3) is 0 Å². The van der Waals surface area contributed by atoms with Gasteiger partial charge in [-0.2, -0.15) is 0 Å². The number of esters is 1. The molecule has 2 saturated carbocycles. The second-order valence-electron chi connectivity index (χ2n) is 10.9. The average molecular weight is 459 g/mol. The van der Waals surface area contributed by atoms with Crippen molar-refractivity contribution in [2.45, 2.75) is 77.7 Å². The predicted octanol–water partition coefficient (Wildman–Crippen LogP) is 3.39. The third-order valence-electron chi connectivity index (χ3n) is 9.25. The molecular formula is C26H34O7. The van der Waals surface area contributed by atoms with E-state index in [0.29, 0.717) is 19.3 Å². The van der Waals surface area contributed by atoms with E-state index in [0.717, 1.165) is 19.3 Å². The number of hydrogen-bond donors (Lipinski definition) is 2. The van der Waals surface area contributed by atoms with Crippen LogP contribution in [0.1, 0.15) is 72.1 Å². The number of aliphatic hydroxyl groups is 1. The van der Waals surface area contributed by atoms with E-state index in [1.807, 2.05) is 19.9 Å². The molecule has 0 saturated heterocycles. The topological polar surface area (TPSA) is 118 Å². The van der Waals surface area contributed by atoms with Gasteiger partial charge in [-0.25, -0.2) is 0 Å². The van der Waals surface area contributed by atoms with Gasteiger partial charge >= 0.3 is 11.9 Å². The monoisotopic (exact) mass is 458 g/mol. The molecule has 2 N–H and O–H groups in total. The van der Waals surface area contributed by atoms with Gasteiger partial charge in [-0.15, -0.1) is 0 Å². The number of carbonyl (C=O) groups excluding carboxylic acids is 3. The maximum Gasteiger partial charge on any atom is 0.306 e. The van der Waals surface area contributed by atoms with E-state index in [-0.39, 0.29) is 41.8 Å². The van der Waals surface area contributed by atoms with E-state index in [4.69, 9.17) is 9.84 Å². The van der Waals surface area contributed by atoms with Gasteiger partial charge in [-0.05, 0) is 55.9 Å². The lowest BCUT2D eigenvalue weighted by Crippen LogP contribution is -2.57. The van der Waals surface area contributed by atoms with Crippen LogP contribution < -0.4 is 0 Å². The van der Waals surface area contributed by atoms with Crippen molar-refractivity contribution in [1.82, 2.24) is 0 Å². The van der Waals surface area contributed by atoms with E-state index in [1.165, 1.54) is 11.1 Å². The molecule has 0 radical (unpaired) electrons. The van der Waals surface area contributed by atoms with Crippen LogP contribution in [0.3, 0.4) is 0 Å². The Morgan fingerprint density at radius 3 is 2.61 bits per heavy atom. The number of carbonyl (C=O) groups is 4. The fourth-order valence-electron chi connectivity index (χ4n) is 7.33. The molecule has 0 bridgehead atoms. The standard InChI is InChI=1S/C26H34O7/c1-15-12-20-18-5-4-16-13-17(27)8-10-24(16,2)19(18)9-11-25(20,3)26(15,32)21(28)14-33-23(31)7-6-22(29)30/h9,13,15,18,20,32H,4-8,10-12,14H2,1-3H3,(H,29,30)/t15?,18-,20+,24+,25+,26+/m1/s1. The van der Waals surface area contributed by atoms with Gasteiger partial charge in [0, 0.05) is 17.3 Å². The first kappa shape index (κ1) is 23.9. The zero-order valence-corrected chi connectivity index (χ0v) is 19.7. The molecule has 0 aromatic rings. The molecular weight excluding hydrogens is 424 g/mol. The summed E-state index contributed by atoms with van der Waals surface area (Å²) in [5.41, 5.74) is 0.167. The molecule has 33 heavy (non-hydrogen) atoms. The van der Waals surface area contributed by atoms with E-state index >= 15 is 0 Å². The maximum absolute atomic E-state index is 13.3. The van der Waals surface area contributed by atoms with Gasteiger partial charge in [0.15, 0.2) is 12.4 Å². The Morgan fingerprint density at radius 1 is 1.18 bits per heavy atom. The smallest absolute Gasteiger partial charge is 0.306 e. The van der Waals surface area contributed by atoms with Crippen molar-refractivity contribution in [3.63, 3.8) is 0 Å². The minimum Gasteiger partial charge on any atom is -0.481 e. The highest BCUT2D eigenvalue weighted by Crippen LogP contribution is 2.66. The number of aliphatic carboxylic acids is 1. The number of carboxylic acid groups (broad SMARTS) is 1. The molecule has 0 aromatic carbocycles. The van der Waals surface area contributed by atoms with Crippen LogP contribution in [-0.2, 0) is 23.9 Å². The molecule has 1 unspecified atom stereocenters. The molecule has 180 valence electrons. The molecule has 2 fully saturated rings. The first-order valence-electron chi connectivity index (χ1n) is 12.0. The van der Waals surface area contributed by atoms with Crippen LogP contribution in [0.15, 0.2) is 23.3 Å². The summed E-state index contributed by atoms with van der Waals surface area (Å²) in [6.07, 6.45) is 7.78. The third kappa shape index (κ3) is 3.59. The van der Waals surface area contributed by atoms with Crippen LogP contribution in [0, 0.1) is 28.6 Å². The highest BCUT2D eigenvalue weighted by atomic mass is 16.5. The minimum absolute atomic E-state index is 0.119. The summed E-state index contributed by atoms with van der Waals surface area (Å²) < 4.78 is 5.04. The first-order chi connectivity index (χ1) is 15.4. The van der Waals surface area contributed by atoms with Crippen LogP contribution in [-0.4, -0.2) is 45.9 Å². The lowest BCUT2D eigenvalue weighted by Gasteiger charge is -2.54. The first-order valence-corrected chi connectivity index (χ1v) is 12.0. The van der Waals surface area contributed by atoms with Crippen molar-refractivity contribution >= 4 is 23.5 Å². The van der Waals surface area contributed by atoms with Gasteiger partial charge < -0.3 is 14.9 Å². The largest absolute Gasteiger partial charge is 0.481 e. The lowest BCUT2D eigenvalue weighted by molar-refractivity contribution is -0.168. The summed E-state index contributed by atoms with van der Waals surface area (Å²) in [4.78, 5) is 47.7. The quantitative estimate of drug-likeness (QED) is 0.463. The number of Topliss-reactive ketones (excluding diaryl/α,β-unsaturated/α-hetero) is 1. The van der Waals surface area contributed by atoms with Crippen molar-refractivity contribution in [1.29, 1.82) is 0 Å². The zero-order chi connectivity index (χ0) is 24.2. The van der Waals surface area contributed by atoms with Gasteiger partial charge in [-0.1, -0.05) is 38.0 Å². The minimum atomic E-state index is -1.62. The maximum atomic E-state index is 13.3. The van der Waals surface area contributed by atoms with Crippen LogP contribution >= 0.6 is 0 Å². The molecule has 0 spiro atoms. The molecule has 0 heterocycles. The molecule has 4 aliphatic carbocycles. The second kappa shape index (κ2) is 8.19. The van der Waals surface area contributed by atoms with Crippen molar-refractivity contribution in [3.05, 3.63) is 23.3 Å². The van der Waals surface area contributed by atoms with Crippen molar-refractivity contribution < 1.29 is 34.1 Å². The normalized spacial score (nSPS) is 39.5. The number of hydrogen-bond acceptors (Lipinski definition) is 6. The van der Waals surface area contributed by atoms with Crippen molar-refractivity contribution in [3.8, 4) is 0 Å². The molecule has 7 heteroatoms. The summed E-state index contributed by atoms with van der Waals surface area (Å²) in [7, 11) is 0. The van der Waals surface area contributed by atoms with Crippen LogP contribution in [0.4, 0.5) is 0 Å². The molecule has 6 atom stereocenters. The van der Waals surface area contributed by atoms with Crippen LogP contribution in [0.2, 0.25) is 0 Å². The number of ether oxygens (including phenoxy) is 1. The molecule has 0 aromatic heterocycles. The Hall–Kier alpha value is -2.28. The molecule has 0 amide bonds. The summed E-state index contributed by atoms with van der Waals surface area (Å²) in [5, 5.41) is 20.5. The molecule has 0 aliphatic heterocycles. The van der Waals surface area contributed by atoms with Gasteiger partial charge in [0.2, 0.25) is 5.78 Å². The number of carboxylic acids is 1. The Balaban J connectivity index is 1.57. The highest BCUT2D eigenvalue weighted by molar-refractivity contribution is 5.92. The fourth-order valence-corrected chi connectivity index (χ4v) is 7.33. The molecule has 7 nitrogen and oxygen atoms in total. The summed E-state index contributed by atoms with van der Waals surface area (Å²) >= 11 is 0. The second-order valence-corrected chi connectivity index (χ2v) is 10.9. The third-order valence-corrected chi connectivity index (χ3v) is 9.25. The number of rotatable bonds is 6. The number of ketones is 2. The Kier molecular flexibility index (Phi) is 5.92. The molecule has 4 rings (SSSR count). The van der Waals surface area contributed by atoms with E-state index < -0.39 is 35.3 Å². The van der Waals surface area contributed by atoms with Crippen LogP contribution in [0.5, 0.6) is 0 Å². The SMILES string of the molecule is CC1C[C@H]2[C@@H]3CCC4=CC(=O)CC[C@]4(C)C3=CC[C@]2(C)[C@@]1(O)C(=O)COC(=O)CCC(=O)O. The Labute approximate surface area is 194 Å². The lowest BCUT2D eigenvalue weighted by atomic mass is 9.50. The predicted molar refractivity (Wildman–Crippen MR) is 119 cm³/mol. The summed E-state index contributed by atoms with van der Waals surface area (Å²) in [5.74, 6) is -2.08. The van der Waals surface area contributed by atoms with Crippen molar-refractivity contribution in [2.24, 2.45) is 28.6 Å². The number of allylic oxidation sites excluding steroid dienone is 4. The van der Waals surface area contributed by atoms with Gasteiger partial charge in [0.1, 0.15) is 5.60 Å². The van der Waals surface area contributed by atoms with Gasteiger partial charge in [0.25, 0.3) is 0 Å². The Morgan fingerprint density at radius 2 is 1.91 bits per heavy atom. The van der Waals surface area contributed by atoms with Gasteiger partial charge in [0.05, 0.1) is 12.8 Å². The van der Waals surface area contributed by atoms with E-state index in [9.17, 15) is 24.3 Å².